The van der Waals surface area contributed by atoms with Gasteiger partial charge in [-0.1, -0.05) is 43.0 Å². The van der Waals surface area contributed by atoms with Crippen molar-refractivity contribution in [3.63, 3.8) is 0 Å². The predicted molar refractivity (Wildman–Crippen MR) is 124 cm³/mol. The quantitative estimate of drug-likeness (QED) is 0.384. The Morgan fingerprint density at radius 3 is 2.24 bits per heavy atom. The van der Waals surface area contributed by atoms with E-state index >= 15 is 0 Å². The molecule has 0 aliphatic carbocycles. The largest absolute Gasteiger partial charge is 0.573 e. The van der Waals surface area contributed by atoms with E-state index in [1.54, 1.807) is 24.3 Å². The van der Waals surface area contributed by atoms with Crippen LogP contribution in [0.5, 0.6) is 5.75 Å². The number of hydrogen-bond donors (Lipinski definition) is 1. The van der Waals surface area contributed by atoms with Crippen LogP contribution in [-0.4, -0.2) is 21.0 Å². The van der Waals surface area contributed by atoms with Crippen LogP contribution in [0.3, 0.4) is 0 Å². The minimum absolute atomic E-state index is 0.0719. The number of benzene rings is 3. The standard InChI is InChI=1S/C24H21F4NO3S2/c1-15(17-8-10-18(11-9-17)16(2)29-33(3)30)20-13-12-19(32-24(26,27)28)14-23(20)34(31)22-7-5-4-6-21(22)25/h4-14,16,29H,1H2,2-3H3/t16-,33?,34?/m0/s1. The summed E-state index contributed by atoms with van der Waals surface area (Å²) in [6.45, 7) is 5.87. The number of rotatable bonds is 8. The van der Waals surface area contributed by atoms with Gasteiger partial charge in [0.25, 0.3) is 0 Å². The van der Waals surface area contributed by atoms with Gasteiger partial charge in [-0.05, 0) is 59.5 Å². The van der Waals surface area contributed by atoms with E-state index in [9.17, 15) is 26.0 Å². The first-order valence-electron chi connectivity index (χ1n) is 9.91. The van der Waals surface area contributed by atoms with Crippen molar-refractivity contribution in [2.24, 2.45) is 0 Å². The number of hydrogen-bond acceptors (Lipinski definition) is 3. The van der Waals surface area contributed by atoms with Crippen molar-refractivity contribution in [2.45, 2.75) is 29.1 Å². The summed E-state index contributed by atoms with van der Waals surface area (Å²) in [4.78, 5) is -0.249. The molecule has 3 aromatic carbocycles. The van der Waals surface area contributed by atoms with Crippen molar-refractivity contribution in [1.29, 1.82) is 0 Å². The van der Waals surface area contributed by atoms with Crippen LogP contribution >= 0.6 is 0 Å². The Labute approximate surface area is 199 Å². The highest BCUT2D eigenvalue weighted by molar-refractivity contribution is 7.85. The lowest BCUT2D eigenvalue weighted by Gasteiger charge is -2.17. The Kier molecular flexibility index (Phi) is 8.06. The molecule has 0 spiro atoms. The molecule has 0 aliphatic heterocycles. The maximum absolute atomic E-state index is 14.3. The molecule has 1 N–H and O–H groups in total. The van der Waals surface area contributed by atoms with E-state index in [4.69, 9.17) is 0 Å². The van der Waals surface area contributed by atoms with Crippen molar-refractivity contribution in [3.8, 4) is 5.75 Å². The highest BCUT2D eigenvalue weighted by Gasteiger charge is 2.32. The van der Waals surface area contributed by atoms with E-state index in [0.29, 0.717) is 11.1 Å². The lowest BCUT2D eigenvalue weighted by molar-refractivity contribution is -0.274. The second-order valence-corrected chi connectivity index (χ2v) is 9.86. The predicted octanol–water partition coefficient (Wildman–Crippen LogP) is 5.90. The molecule has 2 unspecified atom stereocenters. The Bertz CT molecular complexity index is 1240. The SMILES string of the molecule is C=C(c1ccc([C@H](C)NS(C)=O)cc1)c1ccc(OC(F)(F)F)cc1S(=O)c1ccccc1F. The normalized spacial score (nSPS) is 14.3. The maximum Gasteiger partial charge on any atom is 0.573 e. The summed E-state index contributed by atoms with van der Waals surface area (Å²) >= 11 is 0. The molecule has 0 amide bonds. The highest BCUT2D eigenvalue weighted by Crippen LogP contribution is 2.34. The van der Waals surface area contributed by atoms with Gasteiger partial charge in [0, 0.05) is 12.3 Å². The van der Waals surface area contributed by atoms with Gasteiger partial charge in [-0.25, -0.2) is 17.5 Å². The topological polar surface area (TPSA) is 55.4 Å². The summed E-state index contributed by atoms with van der Waals surface area (Å²) in [5.41, 5.74) is 2.13. The molecule has 4 nitrogen and oxygen atoms in total. The second kappa shape index (κ2) is 10.6. The lowest BCUT2D eigenvalue weighted by Crippen LogP contribution is -2.19. The van der Waals surface area contributed by atoms with Gasteiger partial charge in [-0.2, -0.15) is 0 Å². The zero-order chi connectivity index (χ0) is 25.0. The second-order valence-electron chi connectivity index (χ2n) is 7.30. The molecule has 0 aromatic heterocycles. The zero-order valence-electron chi connectivity index (χ0n) is 18.2. The third-order valence-electron chi connectivity index (χ3n) is 4.85. The summed E-state index contributed by atoms with van der Waals surface area (Å²) < 4.78 is 84.1. The van der Waals surface area contributed by atoms with Gasteiger partial charge in [-0.15, -0.1) is 13.2 Å². The number of nitrogens with one attached hydrogen (secondary N) is 1. The molecule has 3 rings (SSSR count). The van der Waals surface area contributed by atoms with Crippen LogP contribution in [-0.2, 0) is 21.8 Å². The van der Waals surface area contributed by atoms with Crippen LogP contribution in [0.15, 0.2) is 83.1 Å². The first-order chi connectivity index (χ1) is 16.0. The molecular formula is C24H21F4NO3S2. The minimum atomic E-state index is -4.95. The summed E-state index contributed by atoms with van der Waals surface area (Å²) in [6, 6.07) is 15.6. The fourth-order valence-corrected chi connectivity index (χ4v) is 5.19. The average molecular weight is 512 g/mol. The molecular weight excluding hydrogens is 490 g/mol. The first kappa shape index (κ1) is 25.8. The molecule has 0 saturated heterocycles. The van der Waals surface area contributed by atoms with Crippen LogP contribution in [0.2, 0.25) is 0 Å². The number of alkyl halides is 3. The van der Waals surface area contributed by atoms with Gasteiger partial charge in [0.15, 0.2) is 0 Å². The van der Waals surface area contributed by atoms with E-state index in [-0.39, 0.29) is 21.4 Å². The Balaban J connectivity index is 2.03. The summed E-state index contributed by atoms with van der Waals surface area (Å²) in [6.07, 6.45) is -3.42. The zero-order valence-corrected chi connectivity index (χ0v) is 19.8. The van der Waals surface area contributed by atoms with Crippen LogP contribution in [0.25, 0.3) is 5.57 Å². The third kappa shape index (κ3) is 6.40. The lowest BCUT2D eigenvalue weighted by atomic mass is 9.97. The molecule has 0 radical (unpaired) electrons. The summed E-state index contributed by atoms with van der Waals surface area (Å²) in [7, 11) is -3.35. The van der Waals surface area contributed by atoms with Crippen LogP contribution in [0, 0.1) is 5.82 Å². The van der Waals surface area contributed by atoms with Gasteiger partial charge in [-0.3, -0.25) is 0 Å². The van der Waals surface area contributed by atoms with E-state index < -0.39 is 39.7 Å². The van der Waals surface area contributed by atoms with Crippen molar-refractivity contribution >= 4 is 27.4 Å². The molecule has 0 fully saturated rings. The molecule has 10 heteroatoms. The molecule has 0 saturated carbocycles. The van der Waals surface area contributed by atoms with Crippen LogP contribution in [0.4, 0.5) is 17.6 Å². The average Bonchev–Trinajstić information content (AvgIpc) is 2.77. The van der Waals surface area contributed by atoms with Crippen molar-refractivity contribution < 1.29 is 30.7 Å². The minimum Gasteiger partial charge on any atom is -0.406 e. The van der Waals surface area contributed by atoms with Gasteiger partial charge in [0.2, 0.25) is 0 Å². The Morgan fingerprint density at radius 2 is 1.65 bits per heavy atom. The van der Waals surface area contributed by atoms with Crippen molar-refractivity contribution in [3.05, 3.63) is 95.8 Å². The fraction of sp³-hybridized carbons (Fsp3) is 0.167. The van der Waals surface area contributed by atoms with Crippen LogP contribution < -0.4 is 9.46 Å². The molecule has 0 heterocycles. The van der Waals surface area contributed by atoms with Gasteiger partial charge in [0.05, 0.1) is 31.6 Å². The van der Waals surface area contributed by atoms with E-state index in [1.165, 1.54) is 30.5 Å². The molecule has 3 aromatic rings. The van der Waals surface area contributed by atoms with E-state index in [2.05, 4.69) is 16.0 Å². The maximum atomic E-state index is 14.3. The van der Waals surface area contributed by atoms with Gasteiger partial charge in [0.1, 0.15) is 11.6 Å². The van der Waals surface area contributed by atoms with Crippen LogP contribution in [0.1, 0.15) is 29.7 Å². The van der Waals surface area contributed by atoms with E-state index in [1.807, 2.05) is 6.92 Å². The van der Waals surface area contributed by atoms with Gasteiger partial charge < -0.3 is 4.74 Å². The monoisotopic (exact) mass is 511 g/mol. The number of halogens is 4. The Hall–Kier alpha value is -2.82. The molecule has 0 bridgehead atoms. The first-order valence-corrected chi connectivity index (χ1v) is 12.6. The van der Waals surface area contributed by atoms with Crippen molar-refractivity contribution in [2.75, 3.05) is 6.26 Å². The highest BCUT2D eigenvalue weighted by atomic mass is 32.2. The van der Waals surface area contributed by atoms with Crippen molar-refractivity contribution in [1.82, 2.24) is 4.72 Å². The summed E-state index contributed by atoms with van der Waals surface area (Å²) in [5, 5.41) is 0. The fourth-order valence-electron chi connectivity index (χ4n) is 3.26. The molecule has 3 atom stereocenters. The van der Waals surface area contributed by atoms with Gasteiger partial charge >= 0.3 is 6.36 Å². The smallest absolute Gasteiger partial charge is 0.406 e. The molecule has 34 heavy (non-hydrogen) atoms. The number of ether oxygens (including phenoxy) is 1. The third-order valence-corrected chi connectivity index (χ3v) is 7.00. The Morgan fingerprint density at radius 1 is 1.00 bits per heavy atom. The molecule has 180 valence electrons. The summed E-state index contributed by atoms with van der Waals surface area (Å²) in [5.74, 6) is -1.33. The van der Waals surface area contributed by atoms with E-state index in [0.717, 1.165) is 23.8 Å². The molecule has 0 aliphatic rings.